The molecule has 3 rings (SSSR count). The smallest absolute Gasteiger partial charge is 0.225 e. The Kier molecular flexibility index (Phi) is 6.48. The molecule has 0 bridgehead atoms. The van der Waals surface area contributed by atoms with Crippen molar-refractivity contribution in [3.8, 4) is 0 Å². The molecule has 2 fully saturated rings. The van der Waals surface area contributed by atoms with Gasteiger partial charge in [-0.05, 0) is 52.0 Å². The number of anilines is 1. The quantitative estimate of drug-likeness (QED) is 0.802. The van der Waals surface area contributed by atoms with Crippen LogP contribution in [-0.2, 0) is 4.74 Å². The third-order valence-electron chi connectivity index (χ3n) is 5.61. The summed E-state index contributed by atoms with van der Waals surface area (Å²) in [4.78, 5) is 16.2. The van der Waals surface area contributed by atoms with Crippen LogP contribution in [0.5, 0.6) is 0 Å². The van der Waals surface area contributed by atoms with Crippen molar-refractivity contribution < 1.29 is 4.74 Å². The van der Waals surface area contributed by atoms with Crippen molar-refractivity contribution in [2.75, 3.05) is 57.5 Å². The summed E-state index contributed by atoms with van der Waals surface area (Å²) in [6, 6.07) is 0. The number of hydrogen-bond donors (Lipinski definition) is 0. The van der Waals surface area contributed by atoms with Crippen molar-refractivity contribution in [3.63, 3.8) is 0 Å². The van der Waals surface area contributed by atoms with Gasteiger partial charge in [-0.25, -0.2) is 9.97 Å². The Hall–Kier alpha value is -1.24. The van der Waals surface area contributed by atoms with Gasteiger partial charge in [0.25, 0.3) is 0 Å². The molecule has 0 spiro atoms. The molecule has 3 heterocycles. The Morgan fingerprint density at radius 1 is 1.00 bits per heavy atom. The highest BCUT2D eigenvalue weighted by Crippen LogP contribution is 2.21. The molecule has 146 valence electrons. The van der Waals surface area contributed by atoms with Crippen LogP contribution >= 0.6 is 0 Å². The van der Waals surface area contributed by atoms with Crippen LogP contribution in [-0.4, -0.2) is 77.9 Å². The minimum Gasteiger partial charge on any atom is -0.366 e. The van der Waals surface area contributed by atoms with Gasteiger partial charge in [0, 0.05) is 57.2 Å². The Labute approximate surface area is 158 Å². The van der Waals surface area contributed by atoms with Crippen LogP contribution < -0.4 is 4.90 Å². The summed E-state index contributed by atoms with van der Waals surface area (Å²) in [5.74, 6) is 1.53. The first-order chi connectivity index (χ1) is 12.4. The highest BCUT2D eigenvalue weighted by atomic mass is 16.5. The summed E-state index contributed by atoms with van der Waals surface area (Å²) in [6.07, 6.45) is 6.12. The van der Waals surface area contributed by atoms with Crippen molar-refractivity contribution in [2.24, 2.45) is 5.92 Å². The third-order valence-corrected chi connectivity index (χ3v) is 5.61. The minimum absolute atomic E-state index is 0.280. The van der Waals surface area contributed by atoms with Crippen molar-refractivity contribution in [1.29, 1.82) is 0 Å². The molecule has 6 nitrogen and oxygen atoms in total. The maximum atomic E-state index is 6.05. The summed E-state index contributed by atoms with van der Waals surface area (Å²) in [5, 5.41) is 0. The number of rotatable bonds is 5. The van der Waals surface area contributed by atoms with E-state index < -0.39 is 0 Å². The predicted molar refractivity (Wildman–Crippen MR) is 105 cm³/mol. The standard InChI is InChI=1S/C20H35N5O/c1-17-13-21-19(22-14-17)24-7-5-18(6-8-24)15-26-16-23-9-11-25(12-10-23)20(2,3)4/h13-14,18H,5-12,15-16H2,1-4H3. The largest absolute Gasteiger partial charge is 0.366 e. The maximum absolute atomic E-state index is 6.05. The fourth-order valence-corrected chi connectivity index (χ4v) is 3.74. The van der Waals surface area contributed by atoms with Crippen LogP contribution in [0.3, 0.4) is 0 Å². The zero-order valence-electron chi connectivity index (χ0n) is 16.9. The van der Waals surface area contributed by atoms with E-state index in [1.54, 1.807) is 0 Å². The highest BCUT2D eigenvalue weighted by molar-refractivity contribution is 5.30. The molecule has 0 atom stereocenters. The third kappa shape index (κ3) is 5.38. The second-order valence-corrected chi connectivity index (χ2v) is 8.77. The molecular weight excluding hydrogens is 326 g/mol. The van der Waals surface area contributed by atoms with E-state index in [0.717, 1.165) is 77.0 Å². The molecule has 2 aliphatic heterocycles. The lowest BCUT2D eigenvalue weighted by Crippen LogP contribution is -2.53. The van der Waals surface area contributed by atoms with Crippen molar-refractivity contribution in [3.05, 3.63) is 18.0 Å². The minimum atomic E-state index is 0.280. The first-order valence-corrected chi connectivity index (χ1v) is 10.0. The Morgan fingerprint density at radius 2 is 1.62 bits per heavy atom. The maximum Gasteiger partial charge on any atom is 0.225 e. The average molecular weight is 362 g/mol. The molecule has 2 aliphatic rings. The fraction of sp³-hybridized carbons (Fsp3) is 0.800. The number of piperazine rings is 1. The van der Waals surface area contributed by atoms with Crippen LogP contribution in [0, 0.1) is 12.8 Å². The molecule has 0 aromatic carbocycles. The molecule has 0 radical (unpaired) electrons. The average Bonchev–Trinajstić information content (AvgIpc) is 2.63. The SMILES string of the molecule is Cc1cnc(N2CCC(COCN3CCN(C(C)(C)C)CC3)CC2)nc1. The van der Waals surface area contributed by atoms with E-state index in [9.17, 15) is 0 Å². The lowest BCUT2D eigenvalue weighted by Gasteiger charge is -2.42. The molecule has 2 saturated heterocycles. The van der Waals surface area contributed by atoms with E-state index in [-0.39, 0.29) is 5.54 Å². The van der Waals surface area contributed by atoms with Gasteiger partial charge in [-0.2, -0.15) is 0 Å². The van der Waals surface area contributed by atoms with E-state index in [1.807, 2.05) is 19.3 Å². The van der Waals surface area contributed by atoms with Gasteiger partial charge < -0.3 is 9.64 Å². The molecule has 0 unspecified atom stereocenters. The lowest BCUT2D eigenvalue weighted by molar-refractivity contribution is -0.0271. The summed E-state index contributed by atoms with van der Waals surface area (Å²) in [5.41, 5.74) is 1.39. The second kappa shape index (κ2) is 8.63. The van der Waals surface area contributed by atoms with E-state index >= 15 is 0 Å². The Balaban J connectivity index is 1.32. The monoisotopic (exact) mass is 361 g/mol. The van der Waals surface area contributed by atoms with E-state index in [0.29, 0.717) is 5.92 Å². The van der Waals surface area contributed by atoms with Gasteiger partial charge in [0.1, 0.15) is 0 Å². The Morgan fingerprint density at radius 3 is 2.19 bits per heavy atom. The molecule has 0 amide bonds. The molecule has 1 aromatic heterocycles. The van der Waals surface area contributed by atoms with E-state index in [1.165, 1.54) is 0 Å². The summed E-state index contributed by atoms with van der Waals surface area (Å²) >= 11 is 0. The van der Waals surface area contributed by atoms with E-state index in [2.05, 4.69) is 45.4 Å². The van der Waals surface area contributed by atoms with Crippen molar-refractivity contribution in [1.82, 2.24) is 19.8 Å². The van der Waals surface area contributed by atoms with Gasteiger partial charge in [-0.3, -0.25) is 9.80 Å². The first-order valence-electron chi connectivity index (χ1n) is 10.0. The molecule has 0 N–H and O–H groups in total. The number of aromatic nitrogens is 2. The number of nitrogens with zero attached hydrogens (tertiary/aromatic N) is 5. The van der Waals surface area contributed by atoms with Gasteiger partial charge in [0.15, 0.2) is 0 Å². The first kappa shape index (κ1) is 19.5. The van der Waals surface area contributed by atoms with Gasteiger partial charge in [-0.15, -0.1) is 0 Å². The molecule has 26 heavy (non-hydrogen) atoms. The van der Waals surface area contributed by atoms with Crippen LogP contribution in [0.1, 0.15) is 39.2 Å². The number of piperidine rings is 1. The second-order valence-electron chi connectivity index (χ2n) is 8.77. The summed E-state index contributed by atoms with van der Waals surface area (Å²) < 4.78 is 6.05. The van der Waals surface area contributed by atoms with Crippen molar-refractivity contribution >= 4 is 5.95 Å². The van der Waals surface area contributed by atoms with Gasteiger partial charge in [0.2, 0.25) is 5.95 Å². The summed E-state index contributed by atoms with van der Waals surface area (Å²) in [7, 11) is 0. The van der Waals surface area contributed by atoms with Crippen LogP contribution in [0.15, 0.2) is 12.4 Å². The lowest BCUT2D eigenvalue weighted by atomic mass is 9.98. The molecule has 6 heteroatoms. The molecule has 0 saturated carbocycles. The number of ether oxygens (including phenoxy) is 1. The van der Waals surface area contributed by atoms with Crippen molar-refractivity contribution in [2.45, 2.75) is 46.1 Å². The normalized spacial score (nSPS) is 21.3. The summed E-state index contributed by atoms with van der Waals surface area (Å²) in [6.45, 7) is 17.1. The van der Waals surface area contributed by atoms with Crippen LogP contribution in [0.2, 0.25) is 0 Å². The fourth-order valence-electron chi connectivity index (χ4n) is 3.74. The van der Waals surface area contributed by atoms with Crippen LogP contribution in [0.25, 0.3) is 0 Å². The molecule has 0 aliphatic carbocycles. The zero-order chi connectivity index (χ0) is 18.6. The molecular formula is C20H35N5O. The predicted octanol–water partition coefficient (Wildman–Crippen LogP) is 2.39. The highest BCUT2D eigenvalue weighted by Gasteiger charge is 2.26. The van der Waals surface area contributed by atoms with Gasteiger partial charge in [-0.1, -0.05) is 0 Å². The topological polar surface area (TPSA) is 44.7 Å². The zero-order valence-corrected chi connectivity index (χ0v) is 16.9. The van der Waals surface area contributed by atoms with Crippen LogP contribution in [0.4, 0.5) is 5.95 Å². The van der Waals surface area contributed by atoms with Gasteiger partial charge >= 0.3 is 0 Å². The number of aryl methyl sites for hydroxylation is 1. The van der Waals surface area contributed by atoms with E-state index in [4.69, 9.17) is 4.74 Å². The molecule has 1 aromatic rings. The van der Waals surface area contributed by atoms with Gasteiger partial charge in [0.05, 0.1) is 13.3 Å². The Bertz CT molecular complexity index is 540. The number of hydrogen-bond acceptors (Lipinski definition) is 6.